The van der Waals surface area contributed by atoms with E-state index in [0.29, 0.717) is 16.8 Å². The van der Waals surface area contributed by atoms with Crippen molar-refractivity contribution >= 4 is 10.9 Å². The number of pyridine rings is 2. The predicted octanol–water partition coefficient (Wildman–Crippen LogP) is 6.49. The van der Waals surface area contributed by atoms with Crippen LogP contribution in [0.3, 0.4) is 0 Å². The largest absolute Gasteiger partial charge is 0.321 e. The number of nitrogens with zero attached hydrogens (tertiary/aromatic N) is 2. The van der Waals surface area contributed by atoms with Crippen molar-refractivity contribution in [3.63, 3.8) is 0 Å². The molecule has 3 nitrogen and oxygen atoms in total. The van der Waals surface area contributed by atoms with Gasteiger partial charge in [-0.3, -0.25) is 4.98 Å². The van der Waals surface area contributed by atoms with Crippen molar-refractivity contribution in [2.24, 2.45) is 11.7 Å². The Morgan fingerprint density at radius 2 is 1.68 bits per heavy atom. The fourth-order valence-electron chi connectivity index (χ4n) is 4.73. The normalized spacial score (nSPS) is 20.7. The van der Waals surface area contributed by atoms with E-state index < -0.39 is 6.43 Å². The zero-order valence-corrected chi connectivity index (χ0v) is 17.2. The van der Waals surface area contributed by atoms with Gasteiger partial charge in [0.15, 0.2) is 0 Å². The van der Waals surface area contributed by atoms with E-state index in [1.165, 1.54) is 6.20 Å². The highest BCUT2D eigenvalue weighted by Crippen LogP contribution is 2.44. The minimum atomic E-state index is -2.66. The van der Waals surface area contributed by atoms with E-state index in [4.69, 9.17) is 10.7 Å². The van der Waals surface area contributed by atoms with Crippen LogP contribution < -0.4 is 5.73 Å². The summed E-state index contributed by atoms with van der Waals surface area (Å²) in [6.07, 6.45) is 0.699. The van der Waals surface area contributed by atoms with Gasteiger partial charge in [-0.05, 0) is 42.0 Å². The van der Waals surface area contributed by atoms with Gasteiger partial charge in [-0.25, -0.2) is 13.8 Å². The van der Waals surface area contributed by atoms with Crippen molar-refractivity contribution < 1.29 is 8.78 Å². The quantitative estimate of drug-likeness (QED) is 0.415. The average molecular weight is 415 g/mol. The fourth-order valence-corrected chi connectivity index (χ4v) is 4.73. The lowest BCUT2D eigenvalue weighted by Gasteiger charge is -2.44. The van der Waals surface area contributed by atoms with Crippen LogP contribution in [0.25, 0.3) is 33.3 Å². The van der Waals surface area contributed by atoms with Gasteiger partial charge in [0.05, 0.1) is 11.2 Å². The minimum Gasteiger partial charge on any atom is -0.321 e. The van der Waals surface area contributed by atoms with Crippen LogP contribution in [0.2, 0.25) is 0 Å². The Bertz CT molecular complexity index is 1230. The molecule has 2 aromatic carbocycles. The number of hydrogen-bond donors (Lipinski definition) is 1. The number of halogens is 2. The van der Waals surface area contributed by atoms with Crippen LogP contribution in [0.1, 0.15) is 37.4 Å². The summed E-state index contributed by atoms with van der Waals surface area (Å²) < 4.78 is 27.2. The molecule has 0 bridgehead atoms. The third-order valence-electron chi connectivity index (χ3n) is 6.22. The Balaban J connectivity index is 1.67. The summed E-state index contributed by atoms with van der Waals surface area (Å²) in [7, 11) is 0. The highest BCUT2D eigenvalue weighted by Gasteiger charge is 2.39. The van der Waals surface area contributed by atoms with Gasteiger partial charge in [0, 0.05) is 28.2 Å². The first-order chi connectivity index (χ1) is 14.9. The molecule has 4 aromatic rings. The van der Waals surface area contributed by atoms with Gasteiger partial charge in [0.2, 0.25) is 0 Å². The van der Waals surface area contributed by atoms with Crippen molar-refractivity contribution in [3.8, 4) is 22.4 Å². The Morgan fingerprint density at radius 1 is 0.968 bits per heavy atom. The second-order valence-electron chi connectivity index (χ2n) is 8.56. The summed E-state index contributed by atoms with van der Waals surface area (Å²) in [5.41, 5.74) is 11.1. The molecule has 0 amide bonds. The monoisotopic (exact) mass is 415 g/mol. The molecule has 0 unspecified atom stereocenters. The van der Waals surface area contributed by atoms with Gasteiger partial charge in [-0.1, -0.05) is 61.5 Å². The van der Waals surface area contributed by atoms with Gasteiger partial charge < -0.3 is 5.73 Å². The van der Waals surface area contributed by atoms with E-state index in [1.807, 2.05) is 42.5 Å². The molecule has 2 N–H and O–H groups in total. The molecule has 1 aliphatic rings. The zero-order valence-electron chi connectivity index (χ0n) is 17.2. The molecular weight excluding hydrogens is 392 g/mol. The van der Waals surface area contributed by atoms with E-state index in [-0.39, 0.29) is 11.2 Å². The summed E-state index contributed by atoms with van der Waals surface area (Å²) in [5.74, 6) is 0.647. The molecule has 1 fully saturated rings. The van der Waals surface area contributed by atoms with E-state index in [0.717, 1.165) is 40.8 Å². The van der Waals surface area contributed by atoms with Crippen LogP contribution in [0.4, 0.5) is 8.78 Å². The number of fused-ring (bicyclic) bond motifs is 1. The van der Waals surface area contributed by atoms with Crippen molar-refractivity contribution in [3.05, 3.63) is 84.2 Å². The Morgan fingerprint density at radius 3 is 2.32 bits per heavy atom. The minimum absolute atomic E-state index is 0.242. The summed E-state index contributed by atoms with van der Waals surface area (Å²) in [4.78, 5) is 8.70. The average Bonchev–Trinajstić information content (AvgIpc) is 2.77. The van der Waals surface area contributed by atoms with E-state index in [2.05, 4.69) is 24.0 Å². The van der Waals surface area contributed by atoms with E-state index in [9.17, 15) is 8.78 Å². The van der Waals surface area contributed by atoms with Crippen molar-refractivity contribution in [1.29, 1.82) is 0 Å². The molecule has 0 radical (unpaired) electrons. The molecule has 1 saturated carbocycles. The van der Waals surface area contributed by atoms with E-state index in [1.54, 1.807) is 12.1 Å². The summed E-state index contributed by atoms with van der Waals surface area (Å²) in [6.45, 7) is 2.22. The van der Waals surface area contributed by atoms with Crippen molar-refractivity contribution in [1.82, 2.24) is 9.97 Å². The maximum Gasteiger partial charge on any atom is 0.281 e. The highest BCUT2D eigenvalue weighted by molar-refractivity contribution is 5.92. The Hall–Kier alpha value is -3.18. The molecule has 2 aromatic heterocycles. The number of aromatic nitrogens is 2. The van der Waals surface area contributed by atoms with Gasteiger partial charge in [-0.15, -0.1) is 0 Å². The first kappa shape index (κ1) is 19.8. The number of hydrogen-bond acceptors (Lipinski definition) is 3. The number of benzene rings is 2. The third kappa shape index (κ3) is 3.49. The Kier molecular flexibility index (Phi) is 4.78. The lowest BCUT2D eigenvalue weighted by atomic mass is 9.66. The van der Waals surface area contributed by atoms with E-state index >= 15 is 0 Å². The smallest absolute Gasteiger partial charge is 0.281 e. The summed E-state index contributed by atoms with van der Waals surface area (Å²) in [6, 6.07) is 21.4. The molecule has 0 saturated heterocycles. The van der Waals surface area contributed by atoms with Gasteiger partial charge >= 0.3 is 0 Å². The van der Waals surface area contributed by atoms with Gasteiger partial charge in [0.1, 0.15) is 5.69 Å². The predicted molar refractivity (Wildman–Crippen MR) is 120 cm³/mol. The second kappa shape index (κ2) is 7.50. The molecule has 5 heteroatoms. The van der Waals surface area contributed by atoms with Crippen LogP contribution in [0, 0.1) is 5.92 Å². The highest BCUT2D eigenvalue weighted by atomic mass is 19.3. The second-order valence-corrected chi connectivity index (χ2v) is 8.56. The lowest BCUT2D eigenvalue weighted by molar-refractivity contribution is 0.148. The molecule has 156 valence electrons. The van der Waals surface area contributed by atoms with Crippen molar-refractivity contribution in [2.75, 3.05) is 0 Å². The first-order valence-electron chi connectivity index (χ1n) is 10.5. The maximum atomic E-state index is 13.6. The van der Waals surface area contributed by atoms with Gasteiger partial charge in [-0.2, -0.15) is 0 Å². The number of alkyl halides is 2. The topological polar surface area (TPSA) is 51.8 Å². The Labute approximate surface area is 180 Å². The molecule has 2 heterocycles. The van der Waals surface area contributed by atoms with Crippen LogP contribution in [-0.2, 0) is 5.54 Å². The zero-order chi connectivity index (χ0) is 21.6. The van der Waals surface area contributed by atoms with Crippen LogP contribution in [0.15, 0.2) is 72.9 Å². The molecule has 5 rings (SSSR count). The molecule has 0 atom stereocenters. The van der Waals surface area contributed by atoms with Gasteiger partial charge in [0.25, 0.3) is 6.43 Å². The van der Waals surface area contributed by atoms with Crippen LogP contribution in [-0.4, -0.2) is 9.97 Å². The number of rotatable bonds is 4. The van der Waals surface area contributed by atoms with Crippen LogP contribution in [0.5, 0.6) is 0 Å². The molecule has 31 heavy (non-hydrogen) atoms. The maximum absolute atomic E-state index is 13.6. The molecule has 0 spiro atoms. The summed E-state index contributed by atoms with van der Waals surface area (Å²) in [5, 5.41) is 0.376. The molecule has 1 aliphatic carbocycles. The summed E-state index contributed by atoms with van der Waals surface area (Å²) >= 11 is 0. The van der Waals surface area contributed by atoms with Crippen molar-refractivity contribution in [2.45, 2.75) is 31.7 Å². The van der Waals surface area contributed by atoms with Crippen LogP contribution >= 0.6 is 0 Å². The third-order valence-corrected chi connectivity index (χ3v) is 6.22. The fraction of sp³-hybridized carbons (Fsp3) is 0.231. The SMILES string of the molecule is CC1CC(N)(c2ccc(-c3nc4ccnc(C(F)F)c4cc3-c3ccccc3)cc2)C1. The molecular formula is C26H23F2N3. The standard InChI is InChI=1S/C26H23F2N3/c1-16-14-26(29,15-16)19-9-7-18(8-10-19)23-20(17-5-3-2-4-6-17)13-21-22(31-23)11-12-30-24(21)25(27)28/h2-13,16,25H,14-15,29H2,1H3. The number of nitrogens with two attached hydrogens (primary N) is 1. The molecule has 0 aliphatic heterocycles. The first-order valence-corrected chi connectivity index (χ1v) is 10.5. The lowest BCUT2D eigenvalue weighted by Crippen LogP contribution is -2.47.